The second kappa shape index (κ2) is 18.1. The van der Waals surface area contributed by atoms with Crippen LogP contribution in [0.5, 0.6) is 11.5 Å². The zero-order chi connectivity index (χ0) is 37.5. The van der Waals surface area contributed by atoms with Gasteiger partial charge in [-0.05, 0) is 79.4 Å². The van der Waals surface area contributed by atoms with Gasteiger partial charge in [-0.1, -0.05) is 24.3 Å². The molecule has 1 fully saturated rings. The molecule has 0 saturated heterocycles. The van der Waals surface area contributed by atoms with Crippen LogP contribution in [0.2, 0.25) is 0 Å². The zero-order valence-corrected chi connectivity index (χ0v) is 31.6. The summed E-state index contributed by atoms with van der Waals surface area (Å²) in [5, 5.41) is 43.0. The number of H-pyrrole nitrogens is 1. The maximum Gasteiger partial charge on any atom is 0.349 e. The number of rotatable bonds is 15. The topological polar surface area (TPSA) is 173 Å². The maximum atomic E-state index is 13.4. The summed E-state index contributed by atoms with van der Waals surface area (Å²) in [5.41, 5.74) is 0.128. The highest BCUT2D eigenvalue weighted by Crippen LogP contribution is 2.38. The van der Waals surface area contributed by atoms with Gasteiger partial charge in [0.2, 0.25) is 17.1 Å². The Labute approximate surface area is 319 Å². The van der Waals surface area contributed by atoms with E-state index < -0.39 is 17.7 Å². The summed E-state index contributed by atoms with van der Waals surface area (Å²) in [6, 6.07) is 18.8. The van der Waals surface area contributed by atoms with E-state index in [-0.39, 0.29) is 46.1 Å². The van der Waals surface area contributed by atoms with Gasteiger partial charge in [-0.25, -0.2) is 4.79 Å². The number of hydrogen-bond acceptors (Lipinski definition) is 12. The SMILES string of the molecule is COc1cc(NC(=O)CCN(C)C2CCC(OC(=O)C(O)(c3cccs3)c3cccs3)CC2)ccc1CNC[C@@H](O)c1ccc(O)c2[nH]c(=O)ccc12.F. The lowest BCUT2D eigenvalue weighted by atomic mass is 9.91. The van der Waals surface area contributed by atoms with E-state index in [0.29, 0.717) is 64.5 Å². The number of nitrogens with one attached hydrogen (secondary N) is 3. The molecule has 15 heteroatoms. The molecule has 1 saturated carbocycles. The third-order valence-electron chi connectivity index (χ3n) is 9.77. The van der Waals surface area contributed by atoms with Crippen molar-refractivity contribution in [3.05, 3.63) is 109 Å². The number of esters is 1. The van der Waals surface area contributed by atoms with E-state index in [0.717, 1.165) is 18.4 Å². The average molecular weight is 781 g/mol. The fourth-order valence-electron chi connectivity index (χ4n) is 6.79. The van der Waals surface area contributed by atoms with Gasteiger partial charge in [0.15, 0.2) is 0 Å². The molecule has 0 aliphatic heterocycles. The lowest BCUT2D eigenvalue weighted by molar-refractivity contribution is -0.169. The predicted molar refractivity (Wildman–Crippen MR) is 208 cm³/mol. The first-order valence-corrected chi connectivity index (χ1v) is 19.2. The molecule has 0 unspecified atom stereocenters. The molecule has 0 bridgehead atoms. The van der Waals surface area contributed by atoms with Crippen molar-refractivity contribution in [2.24, 2.45) is 0 Å². The van der Waals surface area contributed by atoms with E-state index in [4.69, 9.17) is 9.47 Å². The van der Waals surface area contributed by atoms with Gasteiger partial charge < -0.3 is 45.3 Å². The Kier molecular flexibility index (Phi) is 13.6. The molecule has 5 aromatic rings. The van der Waals surface area contributed by atoms with Crippen molar-refractivity contribution in [3.8, 4) is 11.5 Å². The number of aromatic nitrogens is 1. The lowest BCUT2D eigenvalue weighted by Gasteiger charge is -2.35. The Morgan fingerprint density at radius 2 is 1.72 bits per heavy atom. The lowest BCUT2D eigenvalue weighted by Crippen LogP contribution is -2.42. The molecular formula is C39H45FN4O8S2. The summed E-state index contributed by atoms with van der Waals surface area (Å²) in [6.07, 6.45) is 2.07. The molecule has 1 aliphatic carbocycles. The molecule has 6 N–H and O–H groups in total. The number of halogens is 1. The summed E-state index contributed by atoms with van der Waals surface area (Å²) in [6.45, 7) is 1.15. The minimum Gasteiger partial charge on any atom is -0.506 e. The van der Waals surface area contributed by atoms with Crippen LogP contribution < -0.4 is 20.9 Å². The van der Waals surface area contributed by atoms with Crippen molar-refractivity contribution in [1.82, 2.24) is 15.2 Å². The van der Waals surface area contributed by atoms with E-state index in [1.165, 1.54) is 34.8 Å². The molecule has 288 valence electrons. The van der Waals surface area contributed by atoms with Crippen molar-refractivity contribution in [2.75, 3.05) is 32.6 Å². The van der Waals surface area contributed by atoms with Crippen LogP contribution in [0.1, 0.15) is 59.1 Å². The van der Waals surface area contributed by atoms with Crippen LogP contribution in [0.25, 0.3) is 10.9 Å². The quantitative estimate of drug-likeness (QED) is 0.0757. The van der Waals surface area contributed by atoms with Crippen LogP contribution in [0.3, 0.4) is 0 Å². The highest BCUT2D eigenvalue weighted by atomic mass is 32.1. The Bertz CT molecular complexity index is 2030. The average Bonchev–Trinajstić information content (AvgIpc) is 3.91. The second-order valence-electron chi connectivity index (χ2n) is 13.2. The standard InChI is InChI=1S/C39H44N4O8S2.FH/c1-43(26-9-11-27(12-10-26)51-38(48)39(49,33-5-3-19-52-33)34-6-4-20-53-34)18-17-36(47)41-25-8-7-24(32(21-25)50-2)22-40-23-31(45)28-13-15-30(44)37-29(28)14-16-35(46)42-37;/h3-8,13-16,19-21,26-27,31,40,44-45,49H,9-12,17-18,22-23H2,1-2H3,(H,41,47)(H,42,46);1H/t26?,27?,31-;/m1./s1. The van der Waals surface area contributed by atoms with Crippen LogP contribution in [-0.2, 0) is 26.5 Å². The fourth-order valence-corrected chi connectivity index (χ4v) is 8.50. The summed E-state index contributed by atoms with van der Waals surface area (Å²) in [7, 11) is 3.56. The Balaban J connectivity index is 0.00000561. The van der Waals surface area contributed by atoms with Crippen molar-refractivity contribution >= 4 is 51.1 Å². The number of phenols is 1. The number of aromatic amines is 1. The van der Waals surface area contributed by atoms with Crippen molar-refractivity contribution in [2.45, 2.75) is 62.5 Å². The summed E-state index contributed by atoms with van der Waals surface area (Å²) >= 11 is 2.65. The van der Waals surface area contributed by atoms with Gasteiger partial charge in [0, 0.05) is 60.9 Å². The minimum atomic E-state index is -1.81. The number of aromatic hydroxyl groups is 1. The van der Waals surface area contributed by atoms with E-state index in [9.17, 15) is 29.7 Å². The third-order valence-corrected chi connectivity index (χ3v) is 11.7. The van der Waals surface area contributed by atoms with Crippen LogP contribution in [0, 0.1) is 0 Å². The van der Waals surface area contributed by atoms with Crippen LogP contribution in [-0.4, -0.2) is 76.5 Å². The van der Waals surface area contributed by atoms with Gasteiger partial charge in [-0.2, -0.15) is 0 Å². The number of hydrogen-bond donors (Lipinski definition) is 6. The van der Waals surface area contributed by atoms with E-state index in [1.54, 1.807) is 37.4 Å². The van der Waals surface area contributed by atoms with Gasteiger partial charge in [0.05, 0.1) is 28.5 Å². The van der Waals surface area contributed by atoms with Gasteiger partial charge in [-0.15, -0.1) is 22.7 Å². The van der Waals surface area contributed by atoms with E-state index in [1.807, 2.05) is 42.1 Å². The fraction of sp³-hybridized carbons (Fsp3) is 0.359. The molecule has 1 amide bonds. The van der Waals surface area contributed by atoms with Crippen molar-refractivity contribution in [3.63, 3.8) is 0 Å². The summed E-state index contributed by atoms with van der Waals surface area (Å²) < 4.78 is 11.5. The molecule has 12 nitrogen and oxygen atoms in total. The van der Waals surface area contributed by atoms with Crippen molar-refractivity contribution in [1.29, 1.82) is 0 Å². The molecule has 6 rings (SSSR count). The van der Waals surface area contributed by atoms with Gasteiger partial charge in [-0.3, -0.25) is 14.3 Å². The molecule has 3 aromatic heterocycles. The second-order valence-corrected chi connectivity index (χ2v) is 15.1. The molecule has 54 heavy (non-hydrogen) atoms. The first-order valence-electron chi connectivity index (χ1n) is 17.5. The molecule has 0 radical (unpaired) electrons. The molecule has 2 aromatic carbocycles. The number of pyridine rings is 1. The number of benzene rings is 2. The summed E-state index contributed by atoms with van der Waals surface area (Å²) in [4.78, 5) is 43.9. The molecule has 1 atom stereocenters. The van der Waals surface area contributed by atoms with Gasteiger partial charge in [0.1, 0.15) is 17.6 Å². The Morgan fingerprint density at radius 1 is 1.02 bits per heavy atom. The van der Waals surface area contributed by atoms with Gasteiger partial charge >= 0.3 is 5.97 Å². The summed E-state index contributed by atoms with van der Waals surface area (Å²) in [5.74, 6) is -0.257. The normalized spacial score (nSPS) is 16.5. The Morgan fingerprint density at radius 3 is 2.37 bits per heavy atom. The van der Waals surface area contributed by atoms with Crippen LogP contribution >= 0.6 is 22.7 Å². The minimum absolute atomic E-state index is 0. The number of aliphatic hydroxyl groups excluding tert-OH is 1. The van der Waals surface area contributed by atoms with Crippen LogP contribution in [0.15, 0.2) is 82.3 Å². The monoisotopic (exact) mass is 780 g/mol. The number of aliphatic hydroxyl groups is 2. The maximum absolute atomic E-state index is 13.4. The first kappa shape index (κ1) is 40.5. The smallest absolute Gasteiger partial charge is 0.349 e. The number of ether oxygens (including phenoxy) is 2. The highest BCUT2D eigenvalue weighted by Gasteiger charge is 2.45. The number of methoxy groups -OCH3 is 1. The number of thiophene rings is 2. The van der Waals surface area contributed by atoms with Gasteiger partial charge in [0.25, 0.3) is 0 Å². The van der Waals surface area contributed by atoms with Crippen LogP contribution in [0.4, 0.5) is 10.4 Å². The number of amides is 1. The highest BCUT2D eigenvalue weighted by molar-refractivity contribution is 7.12. The molecule has 3 heterocycles. The van der Waals surface area contributed by atoms with Crippen molar-refractivity contribution < 1.29 is 39.1 Å². The molecule has 1 aliphatic rings. The molecular weight excluding hydrogens is 736 g/mol. The third kappa shape index (κ3) is 9.17. The van der Waals surface area contributed by atoms with E-state index in [2.05, 4.69) is 20.5 Å². The number of nitrogens with zero attached hydrogens (tertiary/aromatic N) is 1. The number of anilines is 1. The number of carbonyl (C=O) groups excluding carboxylic acids is 2. The zero-order valence-electron chi connectivity index (χ0n) is 29.9. The number of carbonyl (C=O) groups is 2. The largest absolute Gasteiger partial charge is 0.506 e. The van der Waals surface area contributed by atoms with E-state index >= 15 is 0 Å². The number of phenolic OH excluding ortho intramolecular Hbond substituents is 1. The molecule has 0 spiro atoms. The first-order chi connectivity index (χ1) is 25.6. The predicted octanol–water partition coefficient (Wildman–Crippen LogP) is 5.39. The number of fused-ring (bicyclic) bond motifs is 1. The Hall–Kier alpha value is -4.64.